The van der Waals surface area contributed by atoms with E-state index in [-0.39, 0.29) is 5.91 Å². The summed E-state index contributed by atoms with van der Waals surface area (Å²) in [4.78, 5) is 18.8. The van der Waals surface area contributed by atoms with Crippen LogP contribution in [0.1, 0.15) is 24.1 Å². The van der Waals surface area contributed by atoms with Crippen LogP contribution in [0, 0.1) is 0 Å². The van der Waals surface area contributed by atoms with Crippen molar-refractivity contribution in [3.63, 3.8) is 0 Å². The molecule has 1 aliphatic rings. The van der Waals surface area contributed by atoms with Crippen LogP contribution < -0.4 is 29.6 Å². The van der Waals surface area contributed by atoms with E-state index < -0.39 is 6.04 Å². The molecule has 2 heterocycles. The zero-order valence-corrected chi connectivity index (χ0v) is 25.4. The summed E-state index contributed by atoms with van der Waals surface area (Å²) in [7, 11) is 4.75. The standard InChI is InChI=1S/C35H33N5O5/c1-22-31(34(41)37-29-12-8-9-13-30(29)44-4)32(24-14-16-26(17-15-24)45-21-23-10-6-5-7-11-23)40-35(36-22)38-33(39-40)25-18-27(42-2)20-28(19-25)43-3/h5-20,32H,21H2,1-4H3,(H,37,41)(H,36,38,39). The van der Waals surface area contributed by atoms with Gasteiger partial charge in [0.1, 0.15) is 35.6 Å². The van der Waals surface area contributed by atoms with Crippen molar-refractivity contribution in [1.82, 2.24) is 14.8 Å². The van der Waals surface area contributed by atoms with Gasteiger partial charge in [-0.1, -0.05) is 54.6 Å². The van der Waals surface area contributed by atoms with Gasteiger partial charge in [0.05, 0.1) is 32.6 Å². The zero-order valence-electron chi connectivity index (χ0n) is 25.4. The van der Waals surface area contributed by atoms with E-state index in [2.05, 4.69) is 10.6 Å². The quantitative estimate of drug-likeness (QED) is 0.187. The second-order valence-corrected chi connectivity index (χ2v) is 10.4. The monoisotopic (exact) mass is 603 g/mol. The molecule has 0 spiro atoms. The Balaban J connectivity index is 1.38. The van der Waals surface area contributed by atoms with Crippen molar-refractivity contribution in [3.8, 4) is 34.4 Å². The number of anilines is 2. The first-order valence-electron chi connectivity index (χ1n) is 14.4. The molecule has 1 aromatic heterocycles. The van der Waals surface area contributed by atoms with Crippen LogP contribution in [0.15, 0.2) is 108 Å². The summed E-state index contributed by atoms with van der Waals surface area (Å²) in [5, 5.41) is 11.2. The van der Waals surface area contributed by atoms with Crippen LogP contribution in [0.2, 0.25) is 0 Å². The Kier molecular flexibility index (Phi) is 8.37. The average molecular weight is 604 g/mol. The first kappa shape index (κ1) is 29.3. The molecule has 45 heavy (non-hydrogen) atoms. The van der Waals surface area contributed by atoms with E-state index in [0.717, 1.165) is 11.1 Å². The van der Waals surface area contributed by atoms with Gasteiger partial charge in [0.25, 0.3) is 5.91 Å². The molecule has 1 amide bonds. The number of fused-ring (bicyclic) bond motifs is 1. The van der Waals surface area contributed by atoms with Gasteiger partial charge < -0.3 is 29.6 Å². The van der Waals surface area contributed by atoms with Crippen molar-refractivity contribution in [1.29, 1.82) is 0 Å². The van der Waals surface area contributed by atoms with E-state index in [4.69, 9.17) is 29.0 Å². The number of hydrogen-bond donors (Lipinski definition) is 2. The first-order chi connectivity index (χ1) is 22.0. The lowest BCUT2D eigenvalue weighted by molar-refractivity contribution is -0.113. The van der Waals surface area contributed by atoms with E-state index in [1.807, 2.05) is 85.8 Å². The third kappa shape index (κ3) is 6.16. The van der Waals surface area contributed by atoms with Gasteiger partial charge in [0, 0.05) is 17.3 Å². The molecular formula is C35H33N5O5. The highest BCUT2D eigenvalue weighted by Gasteiger charge is 2.35. The van der Waals surface area contributed by atoms with Crippen molar-refractivity contribution >= 4 is 17.5 Å². The molecular weight excluding hydrogens is 570 g/mol. The van der Waals surface area contributed by atoms with E-state index in [0.29, 0.717) is 63.9 Å². The number of amides is 1. The van der Waals surface area contributed by atoms with Crippen molar-refractivity contribution in [3.05, 3.63) is 119 Å². The summed E-state index contributed by atoms with van der Waals surface area (Å²) in [5.74, 6) is 3.12. The molecule has 0 saturated carbocycles. The molecule has 1 unspecified atom stereocenters. The number of hydrogen-bond acceptors (Lipinski definition) is 8. The lowest BCUT2D eigenvalue weighted by Gasteiger charge is -2.29. The van der Waals surface area contributed by atoms with Crippen LogP contribution in [0.25, 0.3) is 11.4 Å². The van der Waals surface area contributed by atoms with Crippen LogP contribution in [0.5, 0.6) is 23.0 Å². The number of ether oxygens (including phenoxy) is 4. The van der Waals surface area contributed by atoms with Gasteiger partial charge in [0.2, 0.25) is 5.95 Å². The fourth-order valence-corrected chi connectivity index (χ4v) is 5.24. The topological polar surface area (TPSA) is 109 Å². The lowest BCUT2D eigenvalue weighted by atomic mass is 9.95. The molecule has 6 rings (SSSR count). The van der Waals surface area contributed by atoms with Gasteiger partial charge >= 0.3 is 0 Å². The Hall–Kier alpha value is -5.77. The molecule has 0 radical (unpaired) electrons. The second kappa shape index (κ2) is 12.8. The minimum Gasteiger partial charge on any atom is -0.497 e. The number of rotatable bonds is 10. The number of allylic oxidation sites excluding steroid dienone is 1. The third-order valence-corrected chi connectivity index (χ3v) is 7.51. The molecule has 0 saturated heterocycles. The van der Waals surface area contributed by atoms with Gasteiger partial charge in [-0.25, -0.2) is 4.68 Å². The van der Waals surface area contributed by atoms with E-state index in [1.54, 1.807) is 44.2 Å². The number of benzene rings is 4. The molecule has 10 heteroatoms. The third-order valence-electron chi connectivity index (χ3n) is 7.51. The molecule has 228 valence electrons. The molecule has 4 aromatic carbocycles. The fraction of sp³-hybridized carbons (Fsp3) is 0.171. The normalized spacial score (nSPS) is 13.8. The fourth-order valence-electron chi connectivity index (χ4n) is 5.24. The predicted octanol–water partition coefficient (Wildman–Crippen LogP) is 6.48. The summed E-state index contributed by atoms with van der Waals surface area (Å²) in [6.45, 7) is 2.30. The predicted molar refractivity (Wildman–Crippen MR) is 172 cm³/mol. The van der Waals surface area contributed by atoms with Crippen molar-refractivity contribution in [2.24, 2.45) is 0 Å². The van der Waals surface area contributed by atoms with E-state index >= 15 is 0 Å². The highest BCUT2D eigenvalue weighted by Crippen LogP contribution is 2.39. The largest absolute Gasteiger partial charge is 0.497 e. The number of nitrogens with one attached hydrogen (secondary N) is 2. The highest BCUT2D eigenvalue weighted by molar-refractivity contribution is 6.06. The molecule has 10 nitrogen and oxygen atoms in total. The Morgan fingerprint density at radius 2 is 1.53 bits per heavy atom. The number of carbonyl (C=O) groups is 1. The maximum absolute atomic E-state index is 14.0. The Morgan fingerprint density at radius 1 is 0.844 bits per heavy atom. The molecule has 2 N–H and O–H groups in total. The Morgan fingerprint density at radius 3 is 2.22 bits per heavy atom. The average Bonchev–Trinajstić information content (AvgIpc) is 3.51. The van der Waals surface area contributed by atoms with Gasteiger partial charge in [0.15, 0.2) is 5.82 Å². The summed E-state index contributed by atoms with van der Waals surface area (Å²) in [5.41, 5.74) is 4.28. The number of para-hydroxylation sites is 2. The van der Waals surface area contributed by atoms with Crippen LogP contribution >= 0.6 is 0 Å². The number of aromatic nitrogens is 3. The molecule has 1 aliphatic heterocycles. The van der Waals surface area contributed by atoms with Crippen molar-refractivity contribution < 1.29 is 23.7 Å². The number of carbonyl (C=O) groups excluding carboxylic acids is 1. The summed E-state index contributed by atoms with van der Waals surface area (Å²) in [6, 6.07) is 29.8. The minimum absolute atomic E-state index is 0.301. The second-order valence-electron chi connectivity index (χ2n) is 10.4. The zero-order chi connectivity index (χ0) is 31.3. The maximum atomic E-state index is 14.0. The van der Waals surface area contributed by atoms with Crippen LogP contribution in [-0.4, -0.2) is 42.0 Å². The van der Waals surface area contributed by atoms with Gasteiger partial charge in [-0.2, -0.15) is 4.98 Å². The summed E-state index contributed by atoms with van der Waals surface area (Å²) in [6.07, 6.45) is 0. The number of nitrogens with zero attached hydrogens (tertiary/aromatic N) is 3. The maximum Gasteiger partial charge on any atom is 0.255 e. The number of methoxy groups -OCH3 is 3. The molecule has 1 atom stereocenters. The van der Waals surface area contributed by atoms with Crippen LogP contribution in [-0.2, 0) is 11.4 Å². The van der Waals surface area contributed by atoms with Crippen LogP contribution in [0.4, 0.5) is 11.6 Å². The molecule has 5 aromatic rings. The van der Waals surface area contributed by atoms with Crippen molar-refractivity contribution in [2.45, 2.75) is 19.6 Å². The minimum atomic E-state index is -0.604. The molecule has 0 fully saturated rings. The highest BCUT2D eigenvalue weighted by atomic mass is 16.5. The molecule has 0 bridgehead atoms. The lowest BCUT2D eigenvalue weighted by Crippen LogP contribution is -2.31. The first-order valence-corrected chi connectivity index (χ1v) is 14.4. The van der Waals surface area contributed by atoms with Crippen LogP contribution in [0.3, 0.4) is 0 Å². The molecule has 0 aliphatic carbocycles. The Labute approximate surface area is 261 Å². The van der Waals surface area contributed by atoms with Crippen molar-refractivity contribution in [2.75, 3.05) is 32.0 Å². The summed E-state index contributed by atoms with van der Waals surface area (Å²) < 4.78 is 24.2. The SMILES string of the molecule is COc1cc(OC)cc(-c2nc3n(n2)C(c2ccc(OCc4ccccc4)cc2)C(C(=O)Nc2ccccc2OC)=C(C)N3)c1. The summed E-state index contributed by atoms with van der Waals surface area (Å²) >= 11 is 0. The van der Waals surface area contributed by atoms with Gasteiger partial charge in [-0.15, -0.1) is 5.10 Å². The Bertz CT molecular complexity index is 1830. The van der Waals surface area contributed by atoms with E-state index in [9.17, 15) is 4.79 Å². The smallest absolute Gasteiger partial charge is 0.255 e. The van der Waals surface area contributed by atoms with E-state index in [1.165, 1.54) is 0 Å². The van der Waals surface area contributed by atoms with Gasteiger partial charge in [-0.3, -0.25) is 4.79 Å². The van der Waals surface area contributed by atoms with Gasteiger partial charge in [-0.05, 0) is 54.4 Å².